The van der Waals surface area contributed by atoms with Gasteiger partial charge in [-0.1, -0.05) is 30.3 Å². The number of nitrogens with one attached hydrogen (secondary N) is 1. The van der Waals surface area contributed by atoms with Crippen LogP contribution in [-0.4, -0.2) is 52.9 Å². The Morgan fingerprint density at radius 1 is 1.32 bits per heavy atom. The molecule has 0 bridgehead atoms. The summed E-state index contributed by atoms with van der Waals surface area (Å²) in [7, 11) is 0. The van der Waals surface area contributed by atoms with E-state index in [2.05, 4.69) is 22.3 Å². The fraction of sp³-hybridized carbons (Fsp3) is 0.588. The van der Waals surface area contributed by atoms with E-state index in [9.17, 15) is 15.0 Å². The van der Waals surface area contributed by atoms with Gasteiger partial charge in [0.05, 0.1) is 24.7 Å². The molecule has 1 aliphatic heterocycles. The van der Waals surface area contributed by atoms with Crippen molar-refractivity contribution in [3.05, 3.63) is 35.9 Å². The second-order valence-corrected chi connectivity index (χ2v) is 6.43. The molecule has 5 heteroatoms. The number of carbonyl (C=O) groups excluding carboxylic acids is 1. The number of hydrogen-bond donors (Lipinski definition) is 3. The molecule has 1 aromatic carbocycles. The van der Waals surface area contributed by atoms with Crippen LogP contribution in [0.15, 0.2) is 30.3 Å². The van der Waals surface area contributed by atoms with Crippen molar-refractivity contribution >= 4 is 5.91 Å². The molecule has 1 saturated heterocycles. The second kappa shape index (κ2) is 7.72. The number of rotatable bonds is 6. The monoisotopic (exact) mass is 306 g/mol. The van der Waals surface area contributed by atoms with Gasteiger partial charge in [0.2, 0.25) is 5.91 Å². The molecule has 0 radical (unpaired) electrons. The van der Waals surface area contributed by atoms with Gasteiger partial charge < -0.3 is 15.5 Å². The van der Waals surface area contributed by atoms with Crippen LogP contribution in [0.1, 0.15) is 25.3 Å². The molecule has 1 aromatic rings. The molecule has 2 rings (SSSR count). The Morgan fingerprint density at radius 2 is 2.00 bits per heavy atom. The quantitative estimate of drug-likeness (QED) is 0.725. The molecule has 3 N–H and O–H groups in total. The second-order valence-electron chi connectivity index (χ2n) is 6.43. The Balaban J connectivity index is 1.91. The van der Waals surface area contributed by atoms with E-state index in [1.807, 2.05) is 18.2 Å². The van der Waals surface area contributed by atoms with Gasteiger partial charge >= 0.3 is 0 Å². The number of piperidine rings is 1. The maximum atomic E-state index is 12.4. The van der Waals surface area contributed by atoms with Crippen LogP contribution in [0.3, 0.4) is 0 Å². The predicted octanol–water partition coefficient (Wildman–Crippen LogP) is 0.758. The van der Waals surface area contributed by atoms with Gasteiger partial charge in [0.1, 0.15) is 0 Å². The van der Waals surface area contributed by atoms with Crippen molar-refractivity contribution in [3.8, 4) is 0 Å². The third-order valence-corrected chi connectivity index (χ3v) is 4.25. The van der Waals surface area contributed by atoms with Crippen molar-refractivity contribution in [2.24, 2.45) is 5.92 Å². The summed E-state index contributed by atoms with van der Waals surface area (Å²) in [6.07, 6.45) is 1.84. The van der Waals surface area contributed by atoms with E-state index in [0.29, 0.717) is 6.54 Å². The van der Waals surface area contributed by atoms with Gasteiger partial charge in [0.25, 0.3) is 0 Å². The minimum absolute atomic E-state index is 0.0802. The van der Waals surface area contributed by atoms with Crippen LogP contribution in [0, 0.1) is 5.92 Å². The lowest BCUT2D eigenvalue weighted by molar-refractivity contribution is -0.129. The number of aliphatic hydroxyl groups is 2. The first-order valence-electron chi connectivity index (χ1n) is 7.86. The summed E-state index contributed by atoms with van der Waals surface area (Å²) in [6, 6.07) is 10.2. The molecular weight excluding hydrogens is 280 g/mol. The molecule has 1 aliphatic rings. The topological polar surface area (TPSA) is 72.8 Å². The van der Waals surface area contributed by atoms with Crippen molar-refractivity contribution in [1.82, 2.24) is 10.2 Å². The van der Waals surface area contributed by atoms with E-state index in [1.54, 1.807) is 6.92 Å². The first-order valence-corrected chi connectivity index (χ1v) is 7.86. The zero-order valence-electron chi connectivity index (χ0n) is 13.2. The molecular formula is C17H26N2O3. The van der Waals surface area contributed by atoms with E-state index >= 15 is 0 Å². The molecule has 0 aromatic heterocycles. The van der Waals surface area contributed by atoms with Gasteiger partial charge in [0, 0.05) is 13.1 Å². The maximum absolute atomic E-state index is 12.4. The van der Waals surface area contributed by atoms with Crippen LogP contribution < -0.4 is 5.32 Å². The largest absolute Gasteiger partial charge is 0.394 e. The molecule has 1 amide bonds. The lowest BCUT2D eigenvalue weighted by Gasteiger charge is -2.34. The highest BCUT2D eigenvalue weighted by Crippen LogP contribution is 2.19. The number of benzene rings is 1. The fourth-order valence-corrected chi connectivity index (χ4v) is 2.78. The highest BCUT2D eigenvalue weighted by Gasteiger charge is 2.31. The summed E-state index contributed by atoms with van der Waals surface area (Å²) in [5, 5.41) is 21.4. The van der Waals surface area contributed by atoms with E-state index in [-0.39, 0.29) is 25.0 Å². The first kappa shape index (κ1) is 16.9. The van der Waals surface area contributed by atoms with Gasteiger partial charge in [-0.2, -0.15) is 0 Å². The minimum atomic E-state index is -0.946. The van der Waals surface area contributed by atoms with Crippen LogP contribution in [0.25, 0.3) is 0 Å². The highest BCUT2D eigenvalue weighted by molar-refractivity contribution is 5.79. The average Bonchev–Trinajstić information content (AvgIpc) is 2.56. The van der Waals surface area contributed by atoms with Crippen molar-refractivity contribution in [2.75, 3.05) is 26.3 Å². The predicted molar refractivity (Wildman–Crippen MR) is 85.2 cm³/mol. The summed E-state index contributed by atoms with van der Waals surface area (Å²) in [6.45, 7) is 3.67. The zero-order valence-corrected chi connectivity index (χ0v) is 13.2. The van der Waals surface area contributed by atoms with Gasteiger partial charge in [-0.25, -0.2) is 0 Å². The highest BCUT2D eigenvalue weighted by atomic mass is 16.3. The number of aliphatic hydroxyl groups excluding tert-OH is 2. The zero-order chi connectivity index (χ0) is 16.0. The van der Waals surface area contributed by atoms with E-state index in [0.717, 1.165) is 25.9 Å². The SMILES string of the molecule is CC(CO)(CO)NC(=O)[C@H]1CCCN(Cc2ccccc2)C1. The van der Waals surface area contributed by atoms with E-state index in [4.69, 9.17) is 0 Å². The maximum Gasteiger partial charge on any atom is 0.224 e. The summed E-state index contributed by atoms with van der Waals surface area (Å²) in [4.78, 5) is 14.7. The van der Waals surface area contributed by atoms with Crippen LogP contribution in [-0.2, 0) is 11.3 Å². The molecule has 122 valence electrons. The third kappa shape index (κ3) is 4.53. The number of nitrogens with zero attached hydrogens (tertiary/aromatic N) is 1. The Hall–Kier alpha value is -1.43. The van der Waals surface area contributed by atoms with Gasteiger partial charge in [-0.3, -0.25) is 9.69 Å². The Kier molecular flexibility index (Phi) is 5.94. The first-order chi connectivity index (χ1) is 10.6. The molecule has 1 atom stereocenters. The van der Waals surface area contributed by atoms with E-state index in [1.165, 1.54) is 5.56 Å². The lowest BCUT2D eigenvalue weighted by Crippen LogP contribution is -2.55. The molecule has 5 nitrogen and oxygen atoms in total. The number of amides is 1. The van der Waals surface area contributed by atoms with Crippen LogP contribution in [0.5, 0.6) is 0 Å². The Morgan fingerprint density at radius 3 is 2.64 bits per heavy atom. The summed E-state index contributed by atoms with van der Waals surface area (Å²) >= 11 is 0. The average molecular weight is 306 g/mol. The molecule has 0 spiro atoms. The van der Waals surface area contributed by atoms with Gasteiger partial charge in [-0.05, 0) is 31.9 Å². The van der Waals surface area contributed by atoms with Crippen LogP contribution in [0.2, 0.25) is 0 Å². The number of likely N-dealkylation sites (tertiary alicyclic amines) is 1. The van der Waals surface area contributed by atoms with Crippen molar-refractivity contribution in [1.29, 1.82) is 0 Å². The van der Waals surface area contributed by atoms with Crippen molar-refractivity contribution < 1.29 is 15.0 Å². The van der Waals surface area contributed by atoms with Crippen LogP contribution in [0.4, 0.5) is 0 Å². The number of hydrogen-bond acceptors (Lipinski definition) is 4. The molecule has 22 heavy (non-hydrogen) atoms. The van der Waals surface area contributed by atoms with E-state index < -0.39 is 5.54 Å². The minimum Gasteiger partial charge on any atom is -0.394 e. The normalized spacial score (nSPS) is 19.9. The standard InChI is InChI=1S/C17H26N2O3/c1-17(12-20,13-21)18-16(22)15-8-5-9-19(11-15)10-14-6-3-2-4-7-14/h2-4,6-7,15,20-21H,5,8-13H2,1H3,(H,18,22)/t15-/m0/s1. The van der Waals surface area contributed by atoms with Gasteiger partial charge in [-0.15, -0.1) is 0 Å². The summed E-state index contributed by atoms with van der Waals surface area (Å²) in [5.41, 5.74) is 0.304. The molecule has 0 unspecified atom stereocenters. The third-order valence-electron chi connectivity index (χ3n) is 4.25. The Bertz CT molecular complexity index is 474. The van der Waals surface area contributed by atoms with Crippen LogP contribution >= 0.6 is 0 Å². The summed E-state index contributed by atoms with van der Waals surface area (Å²) < 4.78 is 0. The lowest BCUT2D eigenvalue weighted by atomic mass is 9.94. The molecule has 0 saturated carbocycles. The molecule has 1 heterocycles. The molecule has 0 aliphatic carbocycles. The van der Waals surface area contributed by atoms with Gasteiger partial charge in [0.15, 0.2) is 0 Å². The smallest absolute Gasteiger partial charge is 0.224 e. The fourth-order valence-electron chi connectivity index (χ4n) is 2.78. The summed E-state index contributed by atoms with van der Waals surface area (Å²) in [5.74, 6) is -0.168. The van der Waals surface area contributed by atoms with Crippen molar-refractivity contribution in [2.45, 2.75) is 31.8 Å². The molecule has 1 fully saturated rings. The number of carbonyl (C=O) groups is 1. The Labute approximate surface area is 131 Å². The van der Waals surface area contributed by atoms with Crippen molar-refractivity contribution in [3.63, 3.8) is 0 Å².